The van der Waals surface area contributed by atoms with E-state index in [1.807, 2.05) is 30.3 Å². The number of nitrogens with zero attached hydrogens (tertiary/aromatic N) is 1. The largest absolute Gasteiger partial charge is 0.394 e. The lowest BCUT2D eigenvalue weighted by molar-refractivity contribution is -0.0681. The molecule has 0 bridgehead atoms. The summed E-state index contributed by atoms with van der Waals surface area (Å²) in [4.78, 5) is 4.19. The number of amidine groups is 1. The molecule has 6 nitrogen and oxygen atoms in total. The first-order valence-corrected chi connectivity index (χ1v) is 6.13. The zero-order valence-corrected chi connectivity index (χ0v) is 10.3. The molecule has 0 amide bonds. The van der Waals surface area contributed by atoms with Crippen LogP contribution in [-0.4, -0.2) is 57.2 Å². The zero-order chi connectivity index (χ0) is 13.8. The van der Waals surface area contributed by atoms with Crippen LogP contribution in [0.1, 0.15) is 5.56 Å². The standard InChI is InChI=1S/C13H18N2O4/c16-7-9-10(17)11(18)12(19)13(15-9)14-6-8-4-2-1-3-5-8/h1-5,9-12,16-19H,6-7H2,(H,14,15)/t9-,10+,11-,12-/m0/s1. The Bertz CT molecular complexity index is 436. The smallest absolute Gasteiger partial charge is 0.139 e. The van der Waals surface area contributed by atoms with Gasteiger partial charge in [-0.2, -0.15) is 0 Å². The van der Waals surface area contributed by atoms with E-state index in [4.69, 9.17) is 5.11 Å². The molecule has 1 heterocycles. The van der Waals surface area contributed by atoms with E-state index in [-0.39, 0.29) is 12.4 Å². The fourth-order valence-electron chi connectivity index (χ4n) is 2.00. The summed E-state index contributed by atoms with van der Waals surface area (Å²) in [5.74, 6) is 0.181. The number of nitrogens with one attached hydrogen (secondary N) is 1. The average Bonchev–Trinajstić information content (AvgIpc) is 2.45. The van der Waals surface area contributed by atoms with Crippen molar-refractivity contribution in [3.05, 3.63) is 35.9 Å². The summed E-state index contributed by atoms with van der Waals surface area (Å²) in [7, 11) is 0. The second-order valence-corrected chi connectivity index (χ2v) is 4.55. The number of hydrogen-bond acceptors (Lipinski definition) is 5. The van der Waals surface area contributed by atoms with Crippen molar-refractivity contribution in [2.45, 2.75) is 30.9 Å². The van der Waals surface area contributed by atoms with E-state index in [0.29, 0.717) is 6.54 Å². The molecule has 5 N–H and O–H groups in total. The molecule has 1 fully saturated rings. The summed E-state index contributed by atoms with van der Waals surface area (Å²) in [6, 6.07) is 8.73. The molecule has 1 aliphatic rings. The molecule has 0 aliphatic carbocycles. The van der Waals surface area contributed by atoms with Crippen molar-refractivity contribution >= 4 is 5.84 Å². The molecule has 0 aromatic heterocycles. The second kappa shape index (κ2) is 6.12. The van der Waals surface area contributed by atoms with Crippen LogP contribution in [0.4, 0.5) is 0 Å². The van der Waals surface area contributed by atoms with Crippen LogP contribution in [-0.2, 0) is 6.54 Å². The van der Waals surface area contributed by atoms with Crippen LogP contribution in [0.2, 0.25) is 0 Å². The van der Waals surface area contributed by atoms with E-state index in [9.17, 15) is 15.3 Å². The zero-order valence-electron chi connectivity index (χ0n) is 10.3. The van der Waals surface area contributed by atoms with E-state index in [1.54, 1.807) is 0 Å². The van der Waals surface area contributed by atoms with E-state index in [0.717, 1.165) is 5.56 Å². The molecular formula is C13H18N2O4. The van der Waals surface area contributed by atoms with E-state index < -0.39 is 24.4 Å². The van der Waals surface area contributed by atoms with Crippen LogP contribution in [0.3, 0.4) is 0 Å². The average molecular weight is 266 g/mol. The minimum atomic E-state index is -1.35. The van der Waals surface area contributed by atoms with Gasteiger partial charge in [0.1, 0.15) is 24.1 Å². The van der Waals surface area contributed by atoms with Gasteiger partial charge in [0.25, 0.3) is 0 Å². The Morgan fingerprint density at radius 1 is 1.05 bits per heavy atom. The Morgan fingerprint density at radius 3 is 2.37 bits per heavy atom. The molecule has 6 heteroatoms. The van der Waals surface area contributed by atoms with Crippen molar-refractivity contribution < 1.29 is 20.4 Å². The van der Waals surface area contributed by atoms with Crippen LogP contribution in [0.5, 0.6) is 0 Å². The molecule has 19 heavy (non-hydrogen) atoms. The molecular weight excluding hydrogens is 248 g/mol. The summed E-state index contributed by atoms with van der Waals surface area (Å²) in [6.07, 6.45) is -3.86. The van der Waals surface area contributed by atoms with Gasteiger partial charge < -0.3 is 25.7 Å². The van der Waals surface area contributed by atoms with Crippen molar-refractivity contribution in [3.63, 3.8) is 0 Å². The predicted octanol–water partition coefficient (Wildman–Crippen LogP) is -1.37. The van der Waals surface area contributed by atoms with Gasteiger partial charge in [0.15, 0.2) is 0 Å². The van der Waals surface area contributed by atoms with Crippen LogP contribution >= 0.6 is 0 Å². The number of benzene rings is 1. The van der Waals surface area contributed by atoms with Gasteiger partial charge in [-0.1, -0.05) is 30.3 Å². The SMILES string of the molecule is OC[C@@H]1NC(=NCc2ccccc2)[C@@H](O)[C@@H](O)[C@@H]1O. The number of aliphatic hydroxyl groups excluding tert-OH is 4. The quantitative estimate of drug-likeness (QED) is 0.464. The highest BCUT2D eigenvalue weighted by Crippen LogP contribution is 2.13. The third-order valence-corrected chi connectivity index (χ3v) is 3.17. The van der Waals surface area contributed by atoms with Crippen molar-refractivity contribution in [1.29, 1.82) is 0 Å². The molecule has 1 aliphatic heterocycles. The number of aliphatic imine (C=N–C) groups is 1. The van der Waals surface area contributed by atoms with Crippen molar-refractivity contribution in [2.24, 2.45) is 4.99 Å². The van der Waals surface area contributed by atoms with Crippen LogP contribution in [0, 0.1) is 0 Å². The highest BCUT2D eigenvalue weighted by atomic mass is 16.4. The highest BCUT2D eigenvalue weighted by molar-refractivity contribution is 5.88. The van der Waals surface area contributed by atoms with Gasteiger partial charge in [-0.25, -0.2) is 0 Å². The topological polar surface area (TPSA) is 105 Å². The minimum absolute atomic E-state index is 0.181. The summed E-state index contributed by atoms with van der Waals surface area (Å²) < 4.78 is 0. The molecule has 0 radical (unpaired) electrons. The first kappa shape index (κ1) is 14.0. The number of rotatable bonds is 3. The summed E-state index contributed by atoms with van der Waals surface area (Å²) in [5.41, 5.74) is 0.963. The van der Waals surface area contributed by atoms with Gasteiger partial charge in [0, 0.05) is 0 Å². The molecule has 104 valence electrons. The Morgan fingerprint density at radius 2 is 1.74 bits per heavy atom. The predicted molar refractivity (Wildman–Crippen MR) is 69.6 cm³/mol. The monoisotopic (exact) mass is 266 g/mol. The maximum atomic E-state index is 9.81. The van der Waals surface area contributed by atoms with Crippen molar-refractivity contribution in [2.75, 3.05) is 6.61 Å². The minimum Gasteiger partial charge on any atom is -0.394 e. The summed E-state index contributed by atoms with van der Waals surface area (Å²) in [6.45, 7) is -0.00347. The van der Waals surface area contributed by atoms with Crippen molar-refractivity contribution in [1.82, 2.24) is 5.32 Å². The van der Waals surface area contributed by atoms with Crippen LogP contribution in [0.15, 0.2) is 35.3 Å². The van der Waals surface area contributed by atoms with Crippen molar-refractivity contribution in [3.8, 4) is 0 Å². The molecule has 1 aromatic carbocycles. The maximum absolute atomic E-state index is 9.81. The Labute approximate surface area is 111 Å². The van der Waals surface area contributed by atoms with E-state index in [1.165, 1.54) is 0 Å². The Kier molecular flexibility index (Phi) is 4.49. The number of aliphatic hydroxyl groups is 4. The first-order chi connectivity index (χ1) is 9.13. The second-order valence-electron chi connectivity index (χ2n) is 4.55. The molecule has 0 saturated carbocycles. The summed E-state index contributed by atoms with van der Waals surface area (Å²) in [5, 5.41) is 41.0. The normalized spacial score (nSPS) is 33.2. The van der Waals surface area contributed by atoms with Gasteiger partial charge in [-0.15, -0.1) is 0 Å². The highest BCUT2D eigenvalue weighted by Gasteiger charge is 2.39. The Balaban J connectivity index is 2.10. The molecule has 2 rings (SSSR count). The Hall–Kier alpha value is -1.47. The number of piperidine rings is 1. The van der Waals surface area contributed by atoms with Gasteiger partial charge in [0.2, 0.25) is 0 Å². The van der Waals surface area contributed by atoms with Gasteiger partial charge in [-0.3, -0.25) is 4.99 Å². The van der Waals surface area contributed by atoms with Gasteiger partial charge in [0.05, 0.1) is 19.2 Å². The fraction of sp³-hybridized carbons (Fsp3) is 0.462. The van der Waals surface area contributed by atoms with E-state index in [2.05, 4.69) is 10.3 Å². The molecule has 0 spiro atoms. The third-order valence-electron chi connectivity index (χ3n) is 3.17. The van der Waals surface area contributed by atoms with Gasteiger partial charge >= 0.3 is 0 Å². The van der Waals surface area contributed by atoms with Gasteiger partial charge in [-0.05, 0) is 5.56 Å². The van der Waals surface area contributed by atoms with Crippen LogP contribution < -0.4 is 5.32 Å². The lowest BCUT2D eigenvalue weighted by Gasteiger charge is -2.36. The lowest BCUT2D eigenvalue weighted by atomic mass is 9.95. The molecule has 1 saturated heterocycles. The van der Waals surface area contributed by atoms with Crippen LogP contribution in [0.25, 0.3) is 0 Å². The molecule has 4 atom stereocenters. The summed E-state index contributed by atoms with van der Waals surface area (Å²) >= 11 is 0. The maximum Gasteiger partial charge on any atom is 0.139 e. The molecule has 0 unspecified atom stereocenters. The molecule has 1 aromatic rings. The van der Waals surface area contributed by atoms with E-state index >= 15 is 0 Å². The first-order valence-electron chi connectivity index (χ1n) is 6.13. The fourth-order valence-corrected chi connectivity index (χ4v) is 2.00. The lowest BCUT2D eigenvalue weighted by Crippen LogP contribution is -2.63. The number of hydrogen-bond donors (Lipinski definition) is 5. The third kappa shape index (κ3) is 3.10.